The Morgan fingerprint density at radius 2 is 2.00 bits per heavy atom. The van der Waals surface area contributed by atoms with Crippen molar-refractivity contribution in [2.75, 3.05) is 11.9 Å². The van der Waals surface area contributed by atoms with Gasteiger partial charge in [0.05, 0.1) is 11.2 Å². The minimum absolute atomic E-state index is 0.274. The predicted molar refractivity (Wildman–Crippen MR) is 126 cm³/mol. The molecular weight excluding hydrogens is 434 g/mol. The molecule has 4 heterocycles. The SMILES string of the molecule is CCNC(=O)Nc1nc2c(-n3cccn3)cc(-c3cnc(OCc4cccnc4)nc3)cc2[nH]1. The topological polar surface area (TPSA) is 136 Å². The fourth-order valence-electron chi connectivity index (χ4n) is 3.39. The molecule has 5 rings (SSSR count). The molecule has 0 aliphatic rings. The summed E-state index contributed by atoms with van der Waals surface area (Å²) in [5.41, 5.74) is 4.71. The highest BCUT2D eigenvalue weighted by molar-refractivity contribution is 5.94. The van der Waals surface area contributed by atoms with Gasteiger partial charge >= 0.3 is 12.0 Å². The second-order valence-corrected chi connectivity index (χ2v) is 7.32. The monoisotopic (exact) mass is 455 g/mol. The molecule has 34 heavy (non-hydrogen) atoms. The van der Waals surface area contributed by atoms with Crippen molar-refractivity contribution in [3.05, 3.63) is 73.1 Å². The zero-order valence-electron chi connectivity index (χ0n) is 18.3. The van der Waals surface area contributed by atoms with Crippen molar-refractivity contribution < 1.29 is 9.53 Å². The number of hydrogen-bond donors (Lipinski definition) is 3. The summed E-state index contributed by atoms with van der Waals surface area (Å²) >= 11 is 0. The molecule has 2 amide bonds. The van der Waals surface area contributed by atoms with E-state index < -0.39 is 0 Å². The zero-order chi connectivity index (χ0) is 23.3. The highest BCUT2D eigenvalue weighted by Gasteiger charge is 2.14. The van der Waals surface area contributed by atoms with Gasteiger partial charge in [-0.15, -0.1) is 0 Å². The van der Waals surface area contributed by atoms with E-state index in [9.17, 15) is 4.79 Å². The standard InChI is InChI=1S/C23H21N9O2/c1-2-25-22(33)31-21-29-18-9-16(10-19(20(18)30-21)32-8-4-7-28-32)17-12-26-23(27-13-17)34-14-15-5-3-6-24-11-15/h3-13H,2,14H2,1H3,(H3,25,29,30,31,33). The van der Waals surface area contributed by atoms with Gasteiger partial charge in [-0.25, -0.2) is 24.4 Å². The number of rotatable bonds is 7. The van der Waals surface area contributed by atoms with Gasteiger partial charge in [0.2, 0.25) is 5.95 Å². The number of amides is 2. The summed E-state index contributed by atoms with van der Waals surface area (Å²) < 4.78 is 7.37. The van der Waals surface area contributed by atoms with E-state index in [1.54, 1.807) is 35.7 Å². The maximum atomic E-state index is 11.9. The van der Waals surface area contributed by atoms with Gasteiger partial charge in [0.15, 0.2) is 0 Å². The first kappa shape index (κ1) is 21.1. The first-order valence-corrected chi connectivity index (χ1v) is 10.6. The van der Waals surface area contributed by atoms with Crippen LogP contribution in [0.3, 0.4) is 0 Å². The Morgan fingerprint density at radius 1 is 1.12 bits per heavy atom. The summed E-state index contributed by atoms with van der Waals surface area (Å²) in [5, 5.41) is 9.74. The molecule has 0 spiro atoms. The number of fused-ring (bicyclic) bond motifs is 1. The van der Waals surface area contributed by atoms with Crippen molar-refractivity contribution in [3.8, 4) is 22.8 Å². The predicted octanol–water partition coefficient (Wildman–Crippen LogP) is 3.32. The van der Waals surface area contributed by atoms with Crippen LogP contribution in [0, 0.1) is 0 Å². The number of carbonyl (C=O) groups is 1. The number of anilines is 1. The average Bonchev–Trinajstić information content (AvgIpc) is 3.53. The van der Waals surface area contributed by atoms with E-state index in [4.69, 9.17) is 4.74 Å². The van der Waals surface area contributed by atoms with Gasteiger partial charge in [0, 0.05) is 54.9 Å². The fraction of sp³-hybridized carbons (Fsp3) is 0.130. The first-order chi connectivity index (χ1) is 16.7. The third kappa shape index (κ3) is 4.53. The van der Waals surface area contributed by atoms with E-state index in [1.165, 1.54) is 0 Å². The van der Waals surface area contributed by atoms with E-state index in [2.05, 4.69) is 40.7 Å². The van der Waals surface area contributed by atoms with Gasteiger partial charge in [-0.1, -0.05) is 6.07 Å². The average molecular weight is 455 g/mol. The minimum atomic E-state index is -0.335. The zero-order valence-corrected chi connectivity index (χ0v) is 18.3. The number of benzene rings is 1. The van der Waals surface area contributed by atoms with Crippen LogP contribution < -0.4 is 15.4 Å². The molecule has 0 saturated heterocycles. The largest absolute Gasteiger partial charge is 0.459 e. The Hall–Kier alpha value is -4.80. The molecule has 0 saturated carbocycles. The van der Waals surface area contributed by atoms with Gasteiger partial charge < -0.3 is 15.0 Å². The normalized spacial score (nSPS) is 10.9. The van der Waals surface area contributed by atoms with E-state index in [0.717, 1.165) is 27.9 Å². The minimum Gasteiger partial charge on any atom is -0.459 e. The summed E-state index contributed by atoms with van der Waals surface area (Å²) in [5.74, 6) is 0.335. The number of imidazole rings is 1. The second-order valence-electron chi connectivity index (χ2n) is 7.32. The van der Waals surface area contributed by atoms with Crippen LogP contribution in [0.2, 0.25) is 0 Å². The number of pyridine rings is 1. The van der Waals surface area contributed by atoms with Crippen LogP contribution in [0.15, 0.2) is 67.5 Å². The molecule has 11 nitrogen and oxygen atoms in total. The highest BCUT2D eigenvalue weighted by atomic mass is 16.5. The number of H-pyrrole nitrogens is 1. The maximum absolute atomic E-state index is 11.9. The van der Waals surface area contributed by atoms with Crippen LogP contribution in [0.1, 0.15) is 12.5 Å². The molecule has 0 bridgehead atoms. The molecule has 0 aliphatic carbocycles. The molecule has 3 N–H and O–H groups in total. The van der Waals surface area contributed by atoms with E-state index in [0.29, 0.717) is 24.6 Å². The first-order valence-electron chi connectivity index (χ1n) is 10.6. The van der Waals surface area contributed by atoms with Crippen LogP contribution in [0.4, 0.5) is 10.7 Å². The number of nitrogens with one attached hydrogen (secondary N) is 3. The van der Waals surface area contributed by atoms with E-state index in [-0.39, 0.29) is 12.0 Å². The van der Waals surface area contributed by atoms with Crippen LogP contribution in [0.25, 0.3) is 27.8 Å². The van der Waals surface area contributed by atoms with Crippen molar-refractivity contribution in [2.24, 2.45) is 0 Å². The molecule has 170 valence electrons. The van der Waals surface area contributed by atoms with Crippen LogP contribution >= 0.6 is 0 Å². The van der Waals surface area contributed by atoms with Crippen LogP contribution in [0.5, 0.6) is 6.01 Å². The van der Waals surface area contributed by atoms with Gasteiger partial charge in [0.1, 0.15) is 12.1 Å². The number of urea groups is 1. The molecule has 0 fully saturated rings. The number of hydrogen-bond acceptors (Lipinski definition) is 7. The molecule has 0 radical (unpaired) electrons. The quantitative estimate of drug-likeness (QED) is 0.342. The van der Waals surface area contributed by atoms with Gasteiger partial charge in [0.25, 0.3) is 0 Å². The Labute approximate surface area is 194 Å². The second kappa shape index (κ2) is 9.36. The maximum Gasteiger partial charge on any atom is 0.321 e. The number of carbonyl (C=O) groups excluding carboxylic acids is 1. The third-order valence-corrected chi connectivity index (χ3v) is 4.94. The van der Waals surface area contributed by atoms with Crippen molar-refractivity contribution in [1.29, 1.82) is 0 Å². The number of aromatic nitrogens is 7. The lowest BCUT2D eigenvalue weighted by molar-refractivity contribution is 0.252. The Balaban J connectivity index is 1.45. The lowest BCUT2D eigenvalue weighted by Crippen LogP contribution is -2.28. The lowest BCUT2D eigenvalue weighted by Gasteiger charge is -2.08. The molecule has 0 atom stereocenters. The van der Waals surface area contributed by atoms with Gasteiger partial charge in [-0.05, 0) is 36.8 Å². The Kier molecular flexibility index (Phi) is 5.80. The van der Waals surface area contributed by atoms with Crippen molar-refractivity contribution in [1.82, 2.24) is 40.0 Å². The summed E-state index contributed by atoms with van der Waals surface area (Å²) in [4.78, 5) is 32.4. The van der Waals surface area contributed by atoms with Crippen LogP contribution in [-0.4, -0.2) is 47.3 Å². The number of ether oxygens (including phenoxy) is 1. The number of nitrogens with zero attached hydrogens (tertiary/aromatic N) is 6. The Bertz CT molecular complexity index is 1400. The van der Waals surface area contributed by atoms with E-state index >= 15 is 0 Å². The number of aromatic amines is 1. The lowest BCUT2D eigenvalue weighted by atomic mass is 10.1. The summed E-state index contributed by atoms with van der Waals surface area (Å²) in [6.45, 7) is 2.69. The third-order valence-electron chi connectivity index (χ3n) is 4.94. The summed E-state index contributed by atoms with van der Waals surface area (Å²) in [6, 6.07) is 9.41. The molecule has 11 heteroatoms. The van der Waals surface area contributed by atoms with Crippen molar-refractivity contribution in [3.63, 3.8) is 0 Å². The van der Waals surface area contributed by atoms with E-state index in [1.807, 2.05) is 43.5 Å². The van der Waals surface area contributed by atoms with Crippen molar-refractivity contribution in [2.45, 2.75) is 13.5 Å². The molecule has 5 aromatic rings. The molecule has 0 unspecified atom stereocenters. The van der Waals surface area contributed by atoms with Gasteiger partial charge in [-0.3, -0.25) is 10.3 Å². The molecular formula is C23H21N9O2. The van der Waals surface area contributed by atoms with Crippen LogP contribution in [-0.2, 0) is 6.61 Å². The molecule has 0 aliphatic heterocycles. The molecule has 1 aromatic carbocycles. The molecule has 4 aromatic heterocycles. The Morgan fingerprint density at radius 3 is 2.74 bits per heavy atom. The summed E-state index contributed by atoms with van der Waals surface area (Å²) in [6.07, 6.45) is 10.4. The smallest absolute Gasteiger partial charge is 0.321 e. The summed E-state index contributed by atoms with van der Waals surface area (Å²) in [7, 11) is 0. The fourth-order valence-corrected chi connectivity index (χ4v) is 3.39. The highest BCUT2D eigenvalue weighted by Crippen LogP contribution is 2.29. The van der Waals surface area contributed by atoms with Gasteiger partial charge in [-0.2, -0.15) is 5.10 Å². The van der Waals surface area contributed by atoms with Crippen molar-refractivity contribution >= 4 is 23.0 Å².